The van der Waals surface area contributed by atoms with Crippen molar-refractivity contribution in [1.29, 1.82) is 0 Å². The first-order valence-electron chi connectivity index (χ1n) is 12.4. The van der Waals surface area contributed by atoms with Crippen molar-refractivity contribution in [3.63, 3.8) is 0 Å². The Morgan fingerprint density at radius 1 is 1.02 bits per heavy atom. The van der Waals surface area contributed by atoms with Gasteiger partial charge < -0.3 is 51.4 Å². The van der Waals surface area contributed by atoms with Crippen molar-refractivity contribution in [2.24, 2.45) is 5.73 Å². The zero-order chi connectivity index (χ0) is 31.4. The van der Waals surface area contributed by atoms with Crippen LogP contribution in [0.1, 0.15) is 46.5 Å². The molecule has 0 aromatic rings. The van der Waals surface area contributed by atoms with Gasteiger partial charge in [-0.05, 0) is 20.3 Å². The van der Waals surface area contributed by atoms with E-state index < -0.39 is 97.0 Å². The summed E-state index contributed by atoms with van der Waals surface area (Å²) >= 11 is 0. The number of imide groups is 1. The van der Waals surface area contributed by atoms with Crippen molar-refractivity contribution in [3.05, 3.63) is 0 Å². The number of hydrogen-bond acceptors (Lipinski definition) is 13. The van der Waals surface area contributed by atoms with Gasteiger partial charge in [-0.2, -0.15) is 0 Å². The minimum absolute atomic E-state index is 0.113. The van der Waals surface area contributed by atoms with Crippen LogP contribution in [0.3, 0.4) is 0 Å². The molecule has 1 aliphatic heterocycles. The molecule has 0 radical (unpaired) electrons. The highest BCUT2D eigenvalue weighted by Crippen LogP contribution is 2.14. The highest BCUT2D eigenvalue weighted by atomic mass is 16.7. The van der Waals surface area contributed by atoms with E-state index in [1.54, 1.807) is 0 Å². The van der Waals surface area contributed by atoms with Gasteiger partial charge >= 0.3 is 5.97 Å². The standard InChI is InChI=1S/C23H35N5O13/c1-10(22(38)27-13(21(24)37)4-7-18(35)41-28-16(33)5-6-17(28)34)25-23(39)11(2)40-20(19(36)15(32)9-30)14(8-29)26-12(3)31/h8,10-11,13-15,19-20,30,32,36H,4-7,9H2,1-3H3,(H2,24,37)(H,25,39)(H,26,31)(H,27,38)/t10?,11?,13?,14-,15+,19+,20+/m0/s1. The summed E-state index contributed by atoms with van der Waals surface area (Å²) in [5.74, 6) is -6.02. The topological polar surface area (TPSA) is 281 Å². The number of aliphatic hydroxyl groups excluding tert-OH is 3. The fourth-order valence-corrected chi connectivity index (χ4v) is 3.48. The maximum absolute atomic E-state index is 12.6. The number of aldehydes is 1. The van der Waals surface area contributed by atoms with Gasteiger partial charge in [-0.1, -0.05) is 0 Å². The maximum atomic E-state index is 12.6. The van der Waals surface area contributed by atoms with Crippen LogP contribution in [0, 0.1) is 0 Å². The van der Waals surface area contributed by atoms with Crippen LogP contribution in [0.15, 0.2) is 0 Å². The second-order valence-corrected chi connectivity index (χ2v) is 9.12. The van der Waals surface area contributed by atoms with Crippen molar-refractivity contribution in [3.8, 4) is 0 Å². The third-order valence-electron chi connectivity index (χ3n) is 5.77. The highest BCUT2D eigenvalue weighted by molar-refractivity contribution is 6.01. The zero-order valence-corrected chi connectivity index (χ0v) is 22.6. The molecule has 0 spiro atoms. The van der Waals surface area contributed by atoms with Crippen LogP contribution in [0.4, 0.5) is 0 Å². The van der Waals surface area contributed by atoms with Crippen molar-refractivity contribution < 1.29 is 63.3 Å². The Kier molecular flexibility index (Phi) is 13.9. The molecular weight excluding hydrogens is 554 g/mol. The number of nitrogens with one attached hydrogen (secondary N) is 3. The molecule has 0 aromatic carbocycles. The van der Waals surface area contributed by atoms with E-state index in [2.05, 4.69) is 20.8 Å². The average Bonchev–Trinajstić information content (AvgIpc) is 3.23. The molecule has 1 saturated heterocycles. The van der Waals surface area contributed by atoms with E-state index in [4.69, 9.17) is 15.6 Å². The van der Waals surface area contributed by atoms with E-state index in [1.807, 2.05) is 0 Å². The second kappa shape index (κ2) is 16.3. The van der Waals surface area contributed by atoms with Gasteiger partial charge in [-0.25, -0.2) is 4.79 Å². The molecule has 0 aliphatic carbocycles. The van der Waals surface area contributed by atoms with E-state index >= 15 is 0 Å². The molecule has 41 heavy (non-hydrogen) atoms. The fourth-order valence-electron chi connectivity index (χ4n) is 3.48. The summed E-state index contributed by atoms with van der Waals surface area (Å²) in [6.07, 6.45) is -7.78. The summed E-state index contributed by atoms with van der Waals surface area (Å²) in [7, 11) is 0. The van der Waals surface area contributed by atoms with Crippen LogP contribution >= 0.6 is 0 Å². The molecule has 1 fully saturated rings. The number of nitrogens with two attached hydrogens (primary N) is 1. The van der Waals surface area contributed by atoms with E-state index in [1.165, 1.54) is 13.8 Å². The van der Waals surface area contributed by atoms with Crippen molar-refractivity contribution in [2.75, 3.05) is 6.61 Å². The molecule has 0 bridgehead atoms. The third-order valence-corrected chi connectivity index (χ3v) is 5.77. The Bertz CT molecular complexity index is 1010. The number of hydrogen-bond donors (Lipinski definition) is 7. The lowest BCUT2D eigenvalue weighted by Crippen LogP contribution is -2.57. The molecule has 8 N–H and O–H groups in total. The number of carbonyl (C=O) groups is 8. The summed E-state index contributed by atoms with van der Waals surface area (Å²) in [5.41, 5.74) is 5.27. The number of amides is 6. The van der Waals surface area contributed by atoms with E-state index in [9.17, 15) is 48.6 Å². The van der Waals surface area contributed by atoms with Gasteiger partial charge in [0, 0.05) is 19.8 Å². The van der Waals surface area contributed by atoms with E-state index in [0.717, 1.165) is 6.92 Å². The molecule has 0 saturated carbocycles. The monoisotopic (exact) mass is 589 g/mol. The number of aliphatic hydroxyl groups is 3. The quantitative estimate of drug-likeness (QED) is 0.0619. The van der Waals surface area contributed by atoms with Crippen LogP contribution < -0.4 is 21.7 Å². The lowest BCUT2D eigenvalue weighted by Gasteiger charge is -2.32. The highest BCUT2D eigenvalue weighted by Gasteiger charge is 2.37. The molecule has 6 amide bonds. The van der Waals surface area contributed by atoms with Crippen molar-refractivity contribution in [2.45, 2.75) is 89.0 Å². The largest absolute Gasteiger partial charge is 0.394 e. The van der Waals surface area contributed by atoms with Crippen LogP contribution in [-0.2, 0) is 47.9 Å². The summed E-state index contributed by atoms with van der Waals surface area (Å²) < 4.78 is 5.40. The molecule has 18 nitrogen and oxygen atoms in total. The lowest BCUT2D eigenvalue weighted by molar-refractivity contribution is -0.197. The second-order valence-electron chi connectivity index (χ2n) is 9.12. The minimum atomic E-state index is -1.91. The van der Waals surface area contributed by atoms with Gasteiger partial charge in [0.05, 0.1) is 13.0 Å². The SMILES string of the molecule is CC(=O)N[C@@H](C=O)[C@@H](OC(C)C(=O)NC(C)C(=O)NC(CCC(=O)ON1C(=O)CCC1=O)C(N)=O)[C@H](O)[C@H](O)CO. The lowest BCUT2D eigenvalue weighted by atomic mass is 10.0. The minimum Gasteiger partial charge on any atom is -0.394 e. The number of nitrogens with zero attached hydrogens (tertiary/aromatic N) is 1. The van der Waals surface area contributed by atoms with E-state index in [-0.39, 0.29) is 25.5 Å². The first-order valence-corrected chi connectivity index (χ1v) is 12.4. The Labute approximate surface area is 233 Å². The molecular formula is C23H35N5O13. The van der Waals surface area contributed by atoms with Gasteiger partial charge in [0.2, 0.25) is 23.6 Å². The van der Waals surface area contributed by atoms with Crippen LogP contribution in [0.2, 0.25) is 0 Å². The van der Waals surface area contributed by atoms with Crippen LogP contribution in [-0.4, -0.2) is 117 Å². The van der Waals surface area contributed by atoms with E-state index in [0.29, 0.717) is 5.06 Å². The Hall–Kier alpha value is -4.00. The van der Waals surface area contributed by atoms with Gasteiger partial charge in [-0.15, -0.1) is 5.06 Å². The fraction of sp³-hybridized carbons (Fsp3) is 0.652. The molecule has 1 heterocycles. The van der Waals surface area contributed by atoms with Crippen LogP contribution in [0.5, 0.6) is 0 Å². The zero-order valence-electron chi connectivity index (χ0n) is 22.6. The Balaban J connectivity index is 2.77. The number of primary amides is 1. The molecule has 1 rings (SSSR count). The predicted molar refractivity (Wildman–Crippen MR) is 132 cm³/mol. The number of ether oxygens (including phenoxy) is 1. The molecule has 18 heteroatoms. The number of rotatable bonds is 17. The van der Waals surface area contributed by atoms with Gasteiger partial charge in [0.25, 0.3) is 11.8 Å². The number of carbonyl (C=O) groups excluding carboxylic acids is 8. The summed E-state index contributed by atoms with van der Waals surface area (Å²) in [4.78, 5) is 99.6. The Morgan fingerprint density at radius 2 is 1.61 bits per heavy atom. The molecule has 1 aliphatic rings. The molecule has 0 aromatic heterocycles. The van der Waals surface area contributed by atoms with Crippen LogP contribution in [0.25, 0.3) is 0 Å². The number of hydroxylamine groups is 2. The Morgan fingerprint density at radius 3 is 2.10 bits per heavy atom. The van der Waals surface area contributed by atoms with Crippen molar-refractivity contribution >= 4 is 47.7 Å². The van der Waals surface area contributed by atoms with Gasteiger partial charge in [-0.3, -0.25) is 28.8 Å². The summed E-state index contributed by atoms with van der Waals surface area (Å²) in [6, 6.07) is -4.24. The smallest absolute Gasteiger partial charge is 0.333 e. The normalized spacial score (nSPS) is 18.2. The first kappa shape index (κ1) is 35.0. The summed E-state index contributed by atoms with van der Waals surface area (Å²) in [6.45, 7) is 2.53. The predicted octanol–water partition coefficient (Wildman–Crippen LogP) is -4.96. The molecule has 7 atom stereocenters. The van der Waals surface area contributed by atoms with Crippen molar-refractivity contribution in [1.82, 2.24) is 21.0 Å². The first-order chi connectivity index (χ1) is 19.1. The summed E-state index contributed by atoms with van der Waals surface area (Å²) in [5, 5.41) is 36.2. The molecule has 3 unspecified atom stereocenters. The van der Waals surface area contributed by atoms with Gasteiger partial charge in [0.15, 0.2) is 0 Å². The maximum Gasteiger partial charge on any atom is 0.333 e. The van der Waals surface area contributed by atoms with Gasteiger partial charge in [0.1, 0.15) is 48.8 Å². The third kappa shape index (κ3) is 10.8. The average molecular weight is 590 g/mol. The molecule has 230 valence electrons.